The highest BCUT2D eigenvalue weighted by atomic mass is 16.1. The van der Waals surface area contributed by atoms with Crippen molar-refractivity contribution in [3.8, 4) is 0 Å². The van der Waals surface area contributed by atoms with Crippen LogP contribution in [0.15, 0.2) is 60.8 Å². The highest BCUT2D eigenvalue weighted by Gasteiger charge is 2.08. The number of carbonyl (C=O) groups excluding carboxylic acids is 1. The summed E-state index contributed by atoms with van der Waals surface area (Å²) < 4.78 is 1.97. The molecule has 21 heavy (non-hydrogen) atoms. The number of nitrogens with one attached hydrogen (secondary N) is 1. The average molecular weight is 278 g/mol. The van der Waals surface area contributed by atoms with Gasteiger partial charge in [-0.25, -0.2) is 0 Å². The molecule has 0 spiro atoms. The molecule has 0 atom stereocenters. The van der Waals surface area contributed by atoms with Gasteiger partial charge in [0.2, 0.25) is 5.91 Å². The summed E-state index contributed by atoms with van der Waals surface area (Å²) in [5.41, 5.74) is 3.14. The monoisotopic (exact) mass is 278 g/mol. The number of aryl methyl sites for hydroxylation is 1. The second-order valence-electron chi connectivity index (χ2n) is 5.06. The van der Waals surface area contributed by atoms with Gasteiger partial charge in [-0.15, -0.1) is 0 Å². The van der Waals surface area contributed by atoms with Crippen LogP contribution in [0.1, 0.15) is 12.5 Å². The van der Waals surface area contributed by atoms with E-state index in [-0.39, 0.29) is 5.91 Å². The second kappa shape index (κ2) is 5.83. The molecule has 0 aliphatic heterocycles. The van der Waals surface area contributed by atoms with Crippen LogP contribution >= 0.6 is 0 Å². The SMILES string of the molecule is CCc1ccccc1NC(=O)Cn1ccc2ccccc21. The van der Waals surface area contributed by atoms with E-state index in [1.54, 1.807) is 0 Å². The molecular weight excluding hydrogens is 260 g/mol. The predicted molar refractivity (Wildman–Crippen MR) is 86.4 cm³/mol. The lowest BCUT2D eigenvalue weighted by Crippen LogP contribution is -2.19. The van der Waals surface area contributed by atoms with E-state index >= 15 is 0 Å². The van der Waals surface area contributed by atoms with E-state index in [1.807, 2.05) is 59.3 Å². The van der Waals surface area contributed by atoms with Gasteiger partial charge < -0.3 is 9.88 Å². The van der Waals surface area contributed by atoms with Gasteiger partial charge >= 0.3 is 0 Å². The number of rotatable bonds is 4. The number of anilines is 1. The predicted octanol–water partition coefficient (Wildman–Crippen LogP) is 3.84. The Morgan fingerprint density at radius 1 is 1.05 bits per heavy atom. The number of aromatic nitrogens is 1. The number of fused-ring (bicyclic) bond motifs is 1. The van der Waals surface area contributed by atoms with Crippen LogP contribution in [0.5, 0.6) is 0 Å². The zero-order valence-corrected chi connectivity index (χ0v) is 12.0. The first kappa shape index (κ1) is 13.4. The topological polar surface area (TPSA) is 34.0 Å². The summed E-state index contributed by atoms with van der Waals surface area (Å²) in [6, 6.07) is 18.0. The lowest BCUT2D eigenvalue weighted by atomic mass is 10.1. The van der Waals surface area contributed by atoms with Gasteiger partial charge in [0.05, 0.1) is 0 Å². The summed E-state index contributed by atoms with van der Waals surface area (Å²) in [7, 11) is 0. The fourth-order valence-electron chi connectivity index (χ4n) is 2.57. The number of carbonyl (C=O) groups is 1. The van der Waals surface area contributed by atoms with E-state index in [2.05, 4.69) is 18.3 Å². The maximum atomic E-state index is 12.3. The molecule has 1 amide bonds. The molecule has 0 radical (unpaired) electrons. The van der Waals surface area contributed by atoms with Crippen LogP contribution in [0, 0.1) is 0 Å². The molecule has 3 nitrogen and oxygen atoms in total. The zero-order chi connectivity index (χ0) is 14.7. The summed E-state index contributed by atoms with van der Waals surface area (Å²) in [4.78, 5) is 12.3. The molecular formula is C18H18N2O. The Kier molecular flexibility index (Phi) is 3.73. The molecule has 3 aromatic rings. The zero-order valence-electron chi connectivity index (χ0n) is 12.0. The Bertz CT molecular complexity index is 773. The molecule has 1 aromatic heterocycles. The Morgan fingerprint density at radius 3 is 2.67 bits per heavy atom. The first-order valence-electron chi connectivity index (χ1n) is 7.19. The highest BCUT2D eigenvalue weighted by Crippen LogP contribution is 2.17. The van der Waals surface area contributed by atoms with E-state index in [0.717, 1.165) is 28.6 Å². The largest absolute Gasteiger partial charge is 0.338 e. The van der Waals surface area contributed by atoms with E-state index in [0.29, 0.717) is 6.54 Å². The molecule has 0 bridgehead atoms. The second-order valence-corrected chi connectivity index (χ2v) is 5.06. The van der Waals surface area contributed by atoms with Crippen LogP contribution in [0.25, 0.3) is 10.9 Å². The van der Waals surface area contributed by atoms with E-state index in [1.165, 1.54) is 0 Å². The molecule has 1 heterocycles. The van der Waals surface area contributed by atoms with E-state index < -0.39 is 0 Å². The number of nitrogens with zero attached hydrogens (tertiary/aromatic N) is 1. The van der Waals surface area contributed by atoms with Gasteiger partial charge in [-0.05, 0) is 35.6 Å². The molecule has 0 fully saturated rings. The van der Waals surface area contributed by atoms with Crippen LogP contribution in [-0.4, -0.2) is 10.5 Å². The van der Waals surface area contributed by atoms with Crippen LogP contribution < -0.4 is 5.32 Å². The van der Waals surface area contributed by atoms with Crippen molar-refractivity contribution < 1.29 is 4.79 Å². The smallest absolute Gasteiger partial charge is 0.244 e. The van der Waals surface area contributed by atoms with Gasteiger partial charge in [0, 0.05) is 17.4 Å². The van der Waals surface area contributed by atoms with Crippen LogP contribution in [0.3, 0.4) is 0 Å². The fourth-order valence-corrected chi connectivity index (χ4v) is 2.57. The van der Waals surface area contributed by atoms with Crippen LogP contribution in [0.4, 0.5) is 5.69 Å². The number of hydrogen-bond donors (Lipinski definition) is 1. The number of hydrogen-bond acceptors (Lipinski definition) is 1. The normalized spacial score (nSPS) is 10.7. The highest BCUT2D eigenvalue weighted by molar-refractivity contribution is 5.92. The van der Waals surface area contributed by atoms with E-state index in [9.17, 15) is 4.79 Å². The minimum atomic E-state index is -0.00254. The minimum absolute atomic E-state index is 0.00254. The third kappa shape index (κ3) is 2.82. The molecule has 3 heteroatoms. The third-order valence-electron chi connectivity index (χ3n) is 3.67. The molecule has 2 aromatic carbocycles. The molecule has 0 saturated heterocycles. The van der Waals surface area contributed by atoms with Crippen molar-refractivity contribution in [2.24, 2.45) is 0 Å². The van der Waals surface area contributed by atoms with Crippen molar-refractivity contribution in [2.45, 2.75) is 19.9 Å². The van der Waals surface area contributed by atoms with Gasteiger partial charge in [-0.1, -0.05) is 43.3 Å². The fraction of sp³-hybridized carbons (Fsp3) is 0.167. The molecule has 106 valence electrons. The summed E-state index contributed by atoms with van der Waals surface area (Å²) >= 11 is 0. The first-order valence-corrected chi connectivity index (χ1v) is 7.19. The summed E-state index contributed by atoms with van der Waals surface area (Å²) in [6.45, 7) is 2.41. The first-order chi connectivity index (χ1) is 10.3. The average Bonchev–Trinajstić information content (AvgIpc) is 2.91. The lowest BCUT2D eigenvalue weighted by Gasteiger charge is -2.10. The van der Waals surface area contributed by atoms with Crippen molar-refractivity contribution in [1.29, 1.82) is 0 Å². The Hall–Kier alpha value is -2.55. The van der Waals surface area contributed by atoms with Crippen molar-refractivity contribution >= 4 is 22.5 Å². The Labute approximate surface area is 124 Å². The van der Waals surface area contributed by atoms with Crippen molar-refractivity contribution in [3.05, 3.63) is 66.4 Å². The summed E-state index contributed by atoms with van der Waals surface area (Å²) in [5, 5.41) is 4.16. The van der Waals surface area contributed by atoms with Crippen LogP contribution in [-0.2, 0) is 17.8 Å². The molecule has 0 aliphatic carbocycles. The molecule has 3 rings (SSSR count). The standard InChI is InChI=1S/C18H18N2O/c1-2-14-7-3-5-9-16(14)19-18(21)13-20-12-11-15-8-4-6-10-17(15)20/h3-12H,2,13H2,1H3,(H,19,21). The minimum Gasteiger partial charge on any atom is -0.338 e. The van der Waals surface area contributed by atoms with Crippen molar-refractivity contribution in [1.82, 2.24) is 4.57 Å². The van der Waals surface area contributed by atoms with Crippen molar-refractivity contribution in [3.63, 3.8) is 0 Å². The van der Waals surface area contributed by atoms with Gasteiger partial charge in [-0.3, -0.25) is 4.79 Å². The van der Waals surface area contributed by atoms with Gasteiger partial charge in [-0.2, -0.15) is 0 Å². The van der Waals surface area contributed by atoms with Gasteiger partial charge in [0.1, 0.15) is 6.54 Å². The number of benzene rings is 2. The van der Waals surface area contributed by atoms with Gasteiger partial charge in [0.25, 0.3) is 0 Å². The number of amides is 1. The summed E-state index contributed by atoms with van der Waals surface area (Å²) in [6.07, 6.45) is 2.86. The summed E-state index contributed by atoms with van der Waals surface area (Å²) in [5.74, 6) is -0.00254. The maximum Gasteiger partial charge on any atom is 0.244 e. The van der Waals surface area contributed by atoms with Gasteiger partial charge in [0.15, 0.2) is 0 Å². The van der Waals surface area contributed by atoms with Crippen molar-refractivity contribution in [2.75, 3.05) is 5.32 Å². The third-order valence-corrected chi connectivity index (χ3v) is 3.67. The lowest BCUT2D eigenvalue weighted by molar-refractivity contribution is -0.116. The van der Waals surface area contributed by atoms with Crippen LogP contribution in [0.2, 0.25) is 0 Å². The molecule has 1 N–H and O–H groups in total. The molecule has 0 unspecified atom stereocenters. The Balaban J connectivity index is 1.77. The van der Waals surface area contributed by atoms with E-state index in [4.69, 9.17) is 0 Å². The molecule has 0 aliphatic rings. The number of para-hydroxylation sites is 2. The molecule has 0 saturated carbocycles. The Morgan fingerprint density at radius 2 is 1.81 bits per heavy atom. The quantitative estimate of drug-likeness (QED) is 0.773. The maximum absolute atomic E-state index is 12.3.